The lowest BCUT2D eigenvalue weighted by Gasteiger charge is -2.13. The van der Waals surface area contributed by atoms with Crippen molar-refractivity contribution in [3.8, 4) is 0 Å². The summed E-state index contributed by atoms with van der Waals surface area (Å²) in [7, 11) is 0. The van der Waals surface area contributed by atoms with Crippen LogP contribution in [0, 0.1) is 0 Å². The SMILES string of the molecule is CCCCCCCCC[C@@H](C)OC(=O)c1ccc2ccccc2c1. The number of rotatable bonds is 10. The van der Waals surface area contributed by atoms with Gasteiger partial charge in [0.05, 0.1) is 11.7 Å². The van der Waals surface area contributed by atoms with Gasteiger partial charge in [0, 0.05) is 0 Å². The average molecular weight is 326 g/mol. The molecule has 2 aromatic rings. The van der Waals surface area contributed by atoms with Crippen LogP contribution in [0.2, 0.25) is 0 Å². The molecule has 0 spiro atoms. The van der Waals surface area contributed by atoms with E-state index in [0.717, 1.165) is 23.6 Å². The molecule has 0 amide bonds. The quantitative estimate of drug-likeness (QED) is 0.366. The van der Waals surface area contributed by atoms with E-state index in [9.17, 15) is 4.79 Å². The summed E-state index contributed by atoms with van der Waals surface area (Å²) in [6.45, 7) is 4.24. The second-order valence-corrected chi connectivity index (χ2v) is 6.69. The summed E-state index contributed by atoms with van der Waals surface area (Å²) < 4.78 is 5.59. The van der Waals surface area contributed by atoms with E-state index in [1.807, 2.05) is 49.4 Å². The maximum Gasteiger partial charge on any atom is 0.338 e. The van der Waals surface area contributed by atoms with Gasteiger partial charge in [-0.15, -0.1) is 0 Å². The monoisotopic (exact) mass is 326 g/mol. The van der Waals surface area contributed by atoms with Gasteiger partial charge in [0.2, 0.25) is 0 Å². The van der Waals surface area contributed by atoms with Crippen molar-refractivity contribution >= 4 is 16.7 Å². The summed E-state index contributed by atoms with van der Waals surface area (Å²) >= 11 is 0. The molecule has 0 aliphatic rings. The van der Waals surface area contributed by atoms with Gasteiger partial charge in [-0.05, 0) is 42.7 Å². The predicted octanol–water partition coefficient (Wildman–Crippen LogP) is 6.53. The summed E-state index contributed by atoms with van der Waals surface area (Å²) in [6, 6.07) is 13.8. The molecule has 2 heteroatoms. The topological polar surface area (TPSA) is 26.3 Å². The second kappa shape index (κ2) is 10.1. The molecule has 1 atom stereocenters. The smallest absolute Gasteiger partial charge is 0.338 e. The fraction of sp³-hybridized carbons (Fsp3) is 0.500. The molecule has 2 aromatic carbocycles. The van der Waals surface area contributed by atoms with E-state index < -0.39 is 0 Å². The number of hydrogen-bond donors (Lipinski definition) is 0. The fourth-order valence-electron chi connectivity index (χ4n) is 3.01. The van der Waals surface area contributed by atoms with E-state index in [1.54, 1.807) is 0 Å². The van der Waals surface area contributed by atoms with Crippen molar-refractivity contribution in [1.82, 2.24) is 0 Å². The number of hydrogen-bond acceptors (Lipinski definition) is 2. The number of esters is 1. The highest BCUT2D eigenvalue weighted by Crippen LogP contribution is 2.17. The largest absolute Gasteiger partial charge is 0.459 e. The van der Waals surface area contributed by atoms with E-state index in [2.05, 4.69) is 6.92 Å². The number of unbranched alkanes of at least 4 members (excludes halogenated alkanes) is 6. The van der Waals surface area contributed by atoms with E-state index >= 15 is 0 Å². The molecule has 0 saturated carbocycles. The van der Waals surface area contributed by atoms with E-state index in [4.69, 9.17) is 4.74 Å². The van der Waals surface area contributed by atoms with Crippen LogP contribution in [0.5, 0.6) is 0 Å². The van der Waals surface area contributed by atoms with E-state index in [-0.39, 0.29) is 12.1 Å². The number of carbonyl (C=O) groups excluding carboxylic acids is 1. The van der Waals surface area contributed by atoms with Gasteiger partial charge in [-0.25, -0.2) is 4.79 Å². The third kappa shape index (κ3) is 5.99. The van der Waals surface area contributed by atoms with Crippen LogP contribution in [-0.4, -0.2) is 12.1 Å². The lowest BCUT2D eigenvalue weighted by atomic mass is 10.1. The highest BCUT2D eigenvalue weighted by atomic mass is 16.5. The maximum absolute atomic E-state index is 12.3. The minimum absolute atomic E-state index is 0.0142. The fourth-order valence-corrected chi connectivity index (χ4v) is 3.01. The highest BCUT2D eigenvalue weighted by Gasteiger charge is 2.12. The third-order valence-electron chi connectivity index (χ3n) is 4.51. The van der Waals surface area contributed by atoms with Crippen LogP contribution in [0.4, 0.5) is 0 Å². The Balaban J connectivity index is 1.72. The van der Waals surface area contributed by atoms with Crippen LogP contribution >= 0.6 is 0 Å². The van der Waals surface area contributed by atoms with Crippen LogP contribution < -0.4 is 0 Å². The Hall–Kier alpha value is -1.83. The van der Waals surface area contributed by atoms with Gasteiger partial charge in [0.25, 0.3) is 0 Å². The first-order valence-corrected chi connectivity index (χ1v) is 9.40. The van der Waals surface area contributed by atoms with Crippen LogP contribution in [-0.2, 0) is 4.74 Å². The first-order chi connectivity index (χ1) is 11.7. The zero-order valence-corrected chi connectivity index (χ0v) is 15.1. The number of fused-ring (bicyclic) bond motifs is 1. The molecule has 24 heavy (non-hydrogen) atoms. The van der Waals surface area contributed by atoms with Crippen molar-refractivity contribution in [2.75, 3.05) is 0 Å². The van der Waals surface area contributed by atoms with Crippen molar-refractivity contribution in [3.63, 3.8) is 0 Å². The Morgan fingerprint density at radius 2 is 1.58 bits per heavy atom. The van der Waals surface area contributed by atoms with Crippen molar-refractivity contribution in [3.05, 3.63) is 48.0 Å². The van der Waals surface area contributed by atoms with Gasteiger partial charge < -0.3 is 4.74 Å². The van der Waals surface area contributed by atoms with Crippen molar-refractivity contribution in [2.45, 2.75) is 71.3 Å². The molecule has 0 unspecified atom stereocenters. The normalized spacial score (nSPS) is 12.2. The highest BCUT2D eigenvalue weighted by molar-refractivity contribution is 5.95. The zero-order valence-electron chi connectivity index (χ0n) is 15.1. The van der Waals surface area contributed by atoms with Crippen molar-refractivity contribution < 1.29 is 9.53 Å². The molecule has 0 aliphatic heterocycles. The minimum Gasteiger partial charge on any atom is -0.459 e. The van der Waals surface area contributed by atoms with Crippen LogP contribution in [0.25, 0.3) is 10.8 Å². The zero-order chi connectivity index (χ0) is 17.2. The third-order valence-corrected chi connectivity index (χ3v) is 4.51. The van der Waals surface area contributed by atoms with Gasteiger partial charge in [0.1, 0.15) is 0 Å². The molecule has 0 aliphatic carbocycles. The molecule has 0 fully saturated rings. The first kappa shape index (κ1) is 18.5. The summed E-state index contributed by atoms with van der Waals surface area (Å²) in [5, 5.41) is 2.22. The number of benzene rings is 2. The van der Waals surface area contributed by atoms with Gasteiger partial charge in [-0.1, -0.05) is 75.8 Å². The molecule has 0 radical (unpaired) electrons. The molecule has 0 heterocycles. The molecule has 2 nitrogen and oxygen atoms in total. The Labute approximate surface area is 146 Å². The Morgan fingerprint density at radius 3 is 2.33 bits per heavy atom. The molecule has 0 N–H and O–H groups in total. The molecular weight excluding hydrogens is 296 g/mol. The lowest BCUT2D eigenvalue weighted by molar-refractivity contribution is 0.0319. The Morgan fingerprint density at radius 1 is 0.917 bits per heavy atom. The second-order valence-electron chi connectivity index (χ2n) is 6.69. The molecule has 0 bridgehead atoms. The van der Waals surface area contributed by atoms with Crippen molar-refractivity contribution in [2.24, 2.45) is 0 Å². The molecule has 0 saturated heterocycles. The Kier molecular flexibility index (Phi) is 7.81. The van der Waals surface area contributed by atoms with Crippen molar-refractivity contribution in [1.29, 1.82) is 0 Å². The summed E-state index contributed by atoms with van der Waals surface area (Å²) in [5.74, 6) is -0.212. The van der Waals surface area contributed by atoms with Gasteiger partial charge in [-0.3, -0.25) is 0 Å². The Bertz CT molecular complexity index is 633. The van der Waals surface area contributed by atoms with Gasteiger partial charge in [0.15, 0.2) is 0 Å². The van der Waals surface area contributed by atoms with Crippen LogP contribution in [0.3, 0.4) is 0 Å². The number of carbonyl (C=O) groups is 1. The summed E-state index contributed by atoms with van der Waals surface area (Å²) in [5.41, 5.74) is 0.639. The number of ether oxygens (including phenoxy) is 1. The summed E-state index contributed by atoms with van der Waals surface area (Å²) in [4.78, 5) is 12.3. The molecular formula is C22H30O2. The van der Waals surface area contributed by atoms with Gasteiger partial charge in [-0.2, -0.15) is 0 Å². The average Bonchev–Trinajstić information content (AvgIpc) is 2.60. The molecule has 130 valence electrons. The van der Waals surface area contributed by atoms with Crippen LogP contribution in [0.15, 0.2) is 42.5 Å². The van der Waals surface area contributed by atoms with Gasteiger partial charge >= 0.3 is 5.97 Å². The summed E-state index contributed by atoms with van der Waals surface area (Å²) in [6.07, 6.45) is 9.93. The predicted molar refractivity (Wildman–Crippen MR) is 101 cm³/mol. The van der Waals surface area contributed by atoms with Crippen LogP contribution in [0.1, 0.15) is 75.6 Å². The lowest BCUT2D eigenvalue weighted by Crippen LogP contribution is -2.15. The maximum atomic E-state index is 12.3. The standard InChI is InChI=1S/C22H30O2/c1-3-4-5-6-7-8-9-12-18(2)24-22(23)21-16-15-19-13-10-11-14-20(19)17-21/h10-11,13-18H,3-9,12H2,1-2H3/t18-/m1/s1. The van der Waals surface area contributed by atoms with E-state index in [0.29, 0.717) is 5.56 Å². The molecule has 0 aromatic heterocycles. The minimum atomic E-state index is -0.212. The molecule has 2 rings (SSSR count). The first-order valence-electron chi connectivity index (χ1n) is 9.40. The van der Waals surface area contributed by atoms with E-state index in [1.165, 1.54) is 38.5 Å².